The first-order valence-electron chi connectivity index (χ1n) is 7.06. The Kier molecular flexibility index (Phi) is 3.36. The molecular formula is C16H19NO3. The lowest BCUT2D eigenvalue weighted by atomic mass is 9.72. The van der Waals surface area contributed by atoms with Crippen LogP contribution in [0.5, 0.6) is 5.75 Å². The number of nitrogens with zero attached hydrogens (tertiary/aromatic N) is 1. The predicted molar refractivity (Wildman–Crippen MR) is 74.5 cm³/mol. The minimum absolute atomic E-state index is 0.130. The van der Waals surface area contributed by atoms with E-state index in [-0.39, 0.29) is 11.0 Å². The number of rotatable bonds is 5. The third-order valence-corrected chi connectivity index (χ3v) is 4.30. The number of carbonyl (C=O) groups excluding carboxylic acids is 1. The van der Waals surface area contributed by atoms with E-state index >= 15 is 0 Å². The van der Waals surface area contributed by atoms with Gasteiger partial charge >= 0.3 is 0 Å². The molecule has 3 rings (SSSR count). The van der Waals surface area contributed by atoms with Gasteiger partial charge in [-0.05, 0) is 37.0 Å². The van der Waals surface area contributed by atoms with E-state index in [1.54, 1.807) is 6.08 Å². The van der Waals surface area contributed by atoms with Crippen LogP contribution >= 0.6 is 0 Å². The van der Waals surface area contributed by atoms with Gasteiger partial charge in [0.2, 0.25) is 6.08 Å². The molecule has 1 heterocycles. The zero-order chi connectivity index (χ0) is 14.1. The highest BCUT2D eigenvalue weighted by molar-refractivity contribution is 5.41. The van der Waals surface area contributed by atoms with Crippen LogP contribution in [0.15, 0.2) is 29.3 Å². The van der Waals surface area contributed by atoms with Gasteiger partial charge in [0.1, 0.15) is 5.75 Å². The van der Waals surface area contributed by atoms with Gasteiger partial charge in [0, 0.05) is 5.41 Å². The molecule has 1 aromatic carbocycles. The number of benzene rings is 1. The second kappa shape index (κ2) is 5.04. The maximum Gasteiger partial charge on any atom is 0.235 e. The highest BCUT2D eigenvalue weighted by atomic mass is 16.5. The Hall–Kier alpha value is -1.64. The van der Waals surface area contributed by atoms with Crippen LogP contribution in [0.2, 0.25) is 0 Å². The SMILES string of the molecule is CC1(COc2cccc(C3(N=C=O)CCC3)c2)COC1. The molecule has 1 aliphatic heterocycles. The first-order chi connectivity index (χ1) is 9.66. The van der Waals surface area contributed by atoms with Crippen molar-refractivity contribution in [2.45, 2.75) is 31.7 Å². The molecule has 20 heavy (non-hydrogen) atoms. The quantitative estimate of drug-likeness (QED) is 0.612. The summed E-state index contributed by atoms with van der Waals surface area (Å²) in [6.45, 7) is 4.32. The molecule has 0 radical (unpaired) electrons. The highest BCUT2D eigenvalue weighted by Crippen LogP contribution is 2.45. The predicted octanol–water partition coefficient (Wildman–Crippen LogP) is 2.82. The van der Waals surface area contributed by atoms with Gasteiger partial charge < -0.3 is 9.47 Å². The number of isocyanates is 1. The van der Waals surface area contributed by atoms with E-state index in [2.05, 4.69) is 11.9 Å². The van der Waals surface area contributed by atoms with E-state index in [1.807, 2.05) is 24.3 Å². The number of hydrogen-bond acceptors (Lipinski definition) is 4. The number of hydrogen-bond donors (Lipinski definition) is 0. The average Bonchev–Trinajstić information content (AvgIpc) is 2.39. The van der Waals surface area contributed by atoms with Crippen LogP contribution in [0, 0.1) is 5.41 Å². The van der Waals surface area contributed by atoms with Crippen molar-refractivity contribution in [1.29, 1.82) is 0 Å². The van der Waals surface area contributed by atoms with Gasteiger partial charge in [-0.2, -0.15) is 4.99 Å². The average molecular weight is 273 g/mol. The standard InChI is InChI=1S/C16H19NO3/c1-15(9-19-10-15)11-20-14-5-2-4-13(8-14)16(17-12-18)6-3-7-16/h2,4-5,8H,3,6-7,9-11H2,1H3. The normalized spacial score (nSPS) is 22.1. The third-order valence-electron chi connectivity index (χ3n) is 4.30. The van der Waals surface area contributed by atoms with Crippen molar-refractivity contribution in [3.63, 3.8) is 0 Å². The van der Waals surface area contributed by atoms with Gasteiger partial charge in [0.15, 0.2) is 0 Å². The highest BCUT2D eigenvalue weighted by Gasteiger charge is 2.39. The molecule has 0 N–H and O–H groups in total. The number of aliphatic imine (C=N–C) groups is 1. The largest absolute Gasteiger partial charge is 0.493 e. The summed E-state index contributed by atoms with van der Waals surface area (Å²) >= 11 is 0. The lowest BCUT2D eigenvalue weighted by molar-refractivity contribution is -0.120. The van der Waals surface area contributed by atoms with Gasteiger partial charge in [0.25, 0.3) is 0 Å². The molecule has 1 aliphatic carbocycles. The van der Waals surface area contributed by atoms with Crippen molar-refractivity contribution >= 4 is 6.08 Å². The maximum atomic E-state index is 10.6. The molecule has 2 fully saturated rings. The molecule has 0 amide bonds. The van der Waals surface area contributed by atoms with E-state index in [1.165, 1.54) is 0 Å². The van der Waals surface area contributed by atoms with Crippen molar-refractivity contribution in [2.75, 3.05) is 19.8 Å². The van der Waals surface area contributed by atoms with Crippen molar-refractivity contribution in [3.05, 3.63) is 29.8 Å². The Bertz CT molecular complexity index is 540. The van der Waals surface area contributed by atoms with Gasteiger partial charge in [0.05, 0.1) is 25.4 Å². The van der Waals surface area contributed by atoms with Gasteiger partial charge in [-0.1, -0.05) is 19.1 Å². The fourth-order valence-electron chi connectivity index (χ4n) is 2.73. The summed E-state index contributed by atoms with van der Waals surface area (Å²) in [5.41, 5.74) is 0.829. The molecular weight excluding hydrogens is 254 g/mol. The summed E-state index contributed by atoms with van der Waals surface area (Å²) in [6.07, 6.45) is 4.65. The van der Waals surface area contributed by atoms with Crippen LogP contribution in [0.25, 0.3) is 0 Å². The van der Waals surface area contributed by atoms with Gasteiger partial charge in [-0.15, -0.1) is 0 Å². The van der Waals surface area contributed by atoms with Crippen molar-refractivity contribution in [3.8, 4) is 5.75 Å². The molecule has 4 heteroatoms. The van der Waals surface area contributed by atoms with Crippen molar-refractivity contribution < 1.29 is 14.3 Å². The maximum absolute atomic E-state index is 10.6. The Morgan fingerprint density at radius 1 is 1.40 bits per heavy atom. The second-order valence-corrected chi connectivity index (χ2v) is 6.21. The van der Waals surface area contributed by atoms with Crippen LogP contribution in [0.3, 0.4) is 0 Å². The van der Waals surface area contributed by atoms with Crippen LogP contribution in [0.1, 0.15) is 31.7 Å². The Labute approximate surface area is 118 Å². The van der Waals surface area contributed by atoms with Crippen molar-refractivity contribution in [2.24, 2.45) is 10.4 Å². The Balaban J connectivity index is 1.74. The summed E-state index contributed by atoms with van der Waals surface area (Å²) in [5, 5.41) is 0. The fraction of sp³-hybridized carbons (Fsp3) is 0.562. The molecule has 2 aliphatic rings. The van der Waals surface area contributed by atoms with Crippen LogP contribution < -0.4 is 4.74 Å². The monoisotopic (exact) mass is 273 g/mol. The van der Waals surface area contributed by atoms with Crippen LogP contribution in [0.4, 0.5) is 0 Å². The first kappa shape index (κ1) is 13.3. The molecule has 0 bridgehead atoms. The van der Waals surface area contributed by atoms with Crippen LogP contribution in [-0.2, 0) is 15.1 Å². The minimum atomic E-state index is -0.357. The summed E-state index contributed by atoms with van der Waals surface area (Å²) < 4.78 is 11.1. The molecule has 4 nitrogen and oxygen atoms in total. The van der Waals surface area contributed by atoms with E-state index in [4.69, 9.17) is 9.47 Å². The van der Waals surface area contributed by atoms with Crippen LogP contribution in [-0.4, -0.2) is 25.9 Å². The zero-order valence-electron chi connectivity index (χ0n) is 11.7. The molecule has 1 saturated carbocycles. The Morgan fingerprint density at radius 3 is 2.75 bits per heavy atom. The third kappa shape index (κ3) is 2.37. The van der Waals surface area contributed by atoms with Gasteiger partial charge in [-0.25, -0.2) is 4.79 Å². The summed E-state index contributed by atoms with van der Waals surface area (Å²) in [7, 11) is 0. The molecule has 0 unspecified atom stereocenters. The van der Waals surface area contributed by atoms with E-state index in [0.717, 1.165) is 43.8 Å². The molecule has 0 spiro atoms. The molecule has 106 valence electrons. The first-order valence-corrected chi connectivity index (χ1v) is 7.06. The zero-order valence-corrected chi connectivity index (χ0v) is 11.7. The van der Waals surface area contributed by atoms with Crippen molar-refractivity contribution in [1.82, 2.24) is 0 Å². The summed E-state index contributed by atoms with van der Waals surface area (Å²) in [4.78, 5) is 14.7. The molecule has 0 aromatic heterocycles. The van der Waals surface area contributed by atoms with Gasteiger partial charge in [-0.3, -0.25) is 0 Å². The molecule has 1 saturated heterocycles. The molecule has 0 atom stereocenters. The fourth-order valence-corrected chi connectivity index (χ4v) is 2.73. The Morgan fingerprint density at radius 2 is 2.20 bits per heavy atom. The summed E-state index contributed by atoms with van der Waals surface area (Å²) in [6, 6.07) is 7.93. The van der Waals surface area contributed by atoms with E-state index in [9.17, 15) is 4.79 Å². The van der Waals surface area contributed by atoms with E-state index in [0.29, 0.717) is 6.61 Å². The smallest absolute Gasteiger partial charge is 0.235 e. The second-order valence-electron chi connectivity index (χ2n) is 6.21. The topological polar surface area (TPSA) is 47.9 Å². The lowest BCUT2D eigenvalue weighted by Gasteiger charge is -2.38. The minimum Gasteiger partial charge on any atom is -0.493 e. The summed E-state index contributed by atoms with van der Waals surface area (Å²) in [5.74, 6) is 0.836. The van der Waals surface area contributed by atoms with E-state index < -0.39 is 0 Å². The molecule has 1 aromatic rings. The lowest BCUT2D eigenvalue weighted by Crippen LogP contribution is -2.44. The number of ether oxygens (including phenoxy) is 2.